The Hall–Kier alpha value is -2.87. The van der Waals surface area contributed by atoms with E-state index in [0.717, 1.165) is 54.1 Å². The number of ether oxygens (including phenoxy) is 1. The zero-order valence-electron chi connectivity index (χ0n) is 26.5. The maximum Gasteiger partial charge on any atom is 0.216 e. The molecule has 2 aromatic rings. The van der Waals surface area contributed by atoms with Gasteiger partial charge in [-0.3, -0.25) is 9.59 Å². The highest BCUT2D eigenvalue weighted by Crippen LogP contribution is 2.41. The number of hydrogen-bond acceptors (Lipinski definition) is 5. The molecule has 0 spiro atoms. The van der Waals surface area contributed by atoms with Crippen LogP contribution >= 0.6 is 16.1 Å². The van der Waals surface area contributed by atoms with Crippen LogP contribution in [0.5, 0.6) is 11.5 Å². The Labute approximate surface area is 260 Å². The summed E-state index contributed by atoms with van der Waals surface area (Å²) < 4.78 is 10.4. The van der Waals surface area contributed by atoms with Crippen LogP contribution in [0.1, 0.15) is 108 Å². The lowest BCUT2D eigenvalue weighted by Gasteiger charge is -2.28. The van der Waals surface area contributed by atoms with Gasteiger partial charge in [-0.15, -0.1) is 0 Å². The molecule has 2 aromatic carbocycles. The Morgan fingerprint density at radius 1 is 1.07 bits per heavy atom. The van der Waals surface area contributed by atoms with Gasteiger partial charge in [-0.2, -0.15) is 4.02 Å². The molecule has 0 unspecified atom stereocenters. The third kappa shape index (κ3) is 8.36. The molecule has 3 rings (SSSR count). The van der Waals surface area contributed by atoms with Gasteiger partial charge in [0.15, 0.2) is 5.78 Å². The van der Waals surface area contributed by atoms with Crippen molar-refractivity contribution in [1.82, 2.24) is 10.2 Å². The number of amidine groups is 1. The fourth-order valence-corrected chi connectivity index (χ4v) is 6.14. The van der Waals surface area contributed by atoms with Gasteiger partial charge in [0.1, 0.15) is 17.3 Å². The van der Waals surface area contributed by atoms with Crippen molar-refractivity contribution in [1.29, 1.82) is 0 Å². The number of benzene rings is 2. The summed E-state index contributed by atoms with van der Waals surface area (Å²) in [5.41, 5.74) is 2.71. The summed E-state index contributed by atoms with van der Waals surface area (Å²) >= 11 is 3.38. The fourth-order valence-electron chi connectivity index (χ4n) is 5.69. The van der Waals surface area contributed by atoms with E-state index in [4.69, 9.17) is 4.74 Å². The van der Waals surface area contributed by atoms with Crippen molar-refractivity contribution < 1.29 is 19.4 Å². The predicted molar refractivity (Wildman–Crippen MR) is 174 cm³/mol. The molecular weight excluding hydrogens is 594 g/mol. The minimum Gasteiger partial charge on any atom is -0.507 e. The summed E-state index contributed by atoms with van der Waals surface area (Å²) in [7, 11) is 0. The first-order valence-electron chi connectivity index (χ1n) is 15.0. The van der Waals surface area contributed by atoms with Crippen molar-refractivity contribution >= 4 is 33.7 Å². The normalized spacial score (nSPS) is 18.4. The minimum absolute atomic E-state index is 0.0126. The van der Waals surface area contributed by atoms with E-state index >= 15 is 0 Å². The predicted octanol–water partition coefficient (Wildman–Crippen LogP) is 7.30. The first-order chi connectivity index (χ1) is 19.7. The van der Waals surface area contributed by atoms with Crippen molar-refractivity contribution in [2.45, 2.75) is 91.4 Å². The van der Waals surface area contributed by atoms with Crippen molar-refractivity contribution in [2.75, 3.05) is 26.2 Å². The number of nitrogens with zero attached hydrogens (tertiary/aromatic N) is 2. The first kappa shape index (κ1) is 33.6. The van der Waals surface area contributed by atoms with Gasteiger partial charge in [0.25, 0.3) is 0 Å². The molecule has 7 nitrogen and oxygen atoms in total. The number of ketones is 1. The summed E-state index contributed by atoms with van der Waals surface area (Å²) in [5, 5.41) is 13.9. The van der Waals surface area contributed by atoms with Gasteiger partial charge in [-0.1, -0.05) is 67.0 Å². The van der Waals surface area contributed by atoms with Crippen molar-refractivity contribution in [3.05, 3.63) is 58.7 Å². The second-order valence-electron chi connectivity index (χ2n) is 13.4. The lowest BCUT2D eigenvalue weighted by Crippen LogP contribution is -2.32. The largest absolute Gasteiger partial charge is 0.507 e. The topological polar surface area (TPSA) is 91.2 Å². The van der Waals surface area contributed by atoms with E-state index in [1.165, 1.54) is 6.92 Å². The molecule has 0 radical (unpaired) electrons. The molecule has 0 bridgehead atoms. The van der Waals surface area contributed by atoms with Gasteiger partial charge < -0.3 is 20.1 Å². The molecule has 1 aliphatic rings. The highest BCUT2D eigenvalue weighted by atomic mass is 79.9. The van der Waals surface area contributed by atoms with Crippen LogP contribution < -0.4 is 10.1 Å². The van der Waals surface area contributed by atoms with Crippen molar-refractivity contribution in [2.24, 2.45) is 9.94 Å². The summed E-state index contributed by atoms with van der Waals surface area (Å²) in [6.45, 7) is 18.1. The van der Waals surface area contributed by atoms with Gasteiger partial charge in [-0.25, -0.2) is 0 Å². The van der Waals surface area contributed by atoms with Crippen LogP contribution in [0, 0.1) is 5.92 Å². The van der Waals surface area contributed by atoms with Crippen molar-refractivity contribution in [3.63, 3.8) is 0 Å². The lowest BCUT2D eigenvalue weighted by molar-refractivity contribution is -0.118. The van der Waals surface area contributed by atoms with Crippen LogP contribution in [0.15, 0.2) is 40.4 Å². The summed E-state index contributed by atoms with van der Waals surface area (Å²) in [5.74, 6) is 2.27. The van der Waals surface area contributed by atoms with Crippen LogP contribution in [-0.4, -0.2) is 53.8 Å². The number of aromatic hydroxyl groups is 1. The Bertz CT molecular complexity index is 1240. The van der Waals surface area contributed by atoms with E-state index < -0.39 is 0 Å². The first-order valence-corrected chi connectivity index (χ1v) is 15.7. The number of carbonyl (C=O) groups excluding carboxylic acids is 2. The number of rotatable bonds is 11. The third-order valence-corrected chi connectivity index (χ3v) is 8.22. The highest BCUT2D eigenvalue weighted by Gasteiger charge is 2.40. The Kier molecular flexibility index (Phi) is 11.3. The Morgan fingerprint density at radius 2 is 1.67 bits per heavy atom. The molecule has 230 valence electrons. The SMILES string of the molecule is CCC[C@H]1CN(CC(=O)c2cc(C(C)(C)C)c(O)c(C(C)(C)C)c2)/C(=N\Br)[C@@H]1c1ccc(OCCCNC(C)=O)cc1. The second kappa shape index (κ2) is 14.1. The third-order valence-electron chi connectivity index (χ3n) is 7.86. The van der Waals surface area contributed by atoms with Crippen LogP contribution in [0.3, 0.4) is 0 Å². The molecule has 1 heterocycles. The molecular formula is C34H48BrN3O4. The van der Waals surface area contributed by atoms with Crippen LogP contribution in [0.4, 0.5) is 0 Å². The number of phenolic OH excluding ortho intramolecular Hbond substituents is 1. The Balaban J connectivity index is 1.83. The number of likely N-dealkylation sites (tertiary alicyclic amines) is 1. The molecule has 42 heavy (non-hydrogen) atoms. The van der Waals surface area contributed by atoms with E-state index in [1.54, 1.807) is 0 Å². The van der Waals surface area contributed by atoms with E-state index in [-0.39, 0.29) is 40.7 Å². The lowest BCUT2D eigenvalue weighted by atomic mass is 9.78. The monoisotopic (exact) mass is 641 g/mol. The smallest absolute Gasteiger partial charge is 0.216 e. The summed E-state index contributed by atoms with van der Waals surface area (Å²) in [6, 6.07) is 11.9. The van der Waals surface area contributed by atoms with E-state index in [0.29, 0.717) is 24.6 Å². The van der Waals surface area contributed by atoms with Crippen LogP contribution in [-0.2, 0) is 15.6 Å². The molecule has 1 aliphatic heterocycles. The standard InChI is InChI=1S/C34H48BrN3O4/c1-9-11-24-20-38(21-29(40)25-18-27(33(3,4)5)31(41)28(19-25)34(6,7)8)32(37-35)30(24)23-12-14-26(15-13-23)42-17-10-16-36-22(2)39/h12-15,18-19,24,30,41H,9-11,16-17,20-21H2,1-8H3,(H,36,39)/b37-32-/t24-,30+/m0/s1. The van der Waals surface area contributed by atoms with Gasteiger partial charge in [0.2, 0.25) is 5.91 Å². The molecule has 0 saturated carbocycles. The molecule has 2 atom stereocenters. The number of carbonyl (C=O) groups is 2. The number of nitrogens with one attached hydrogen (secondary N) is 1. The molecule has 1 amide bonds. The quantitative estimate of drug-likeness (QED) is 0.198. The van der Waals surface area contributed by atoms with E-state index in [9.17, 15) is 14.7 Å². The van der Waals surface area contributed by atoms with Gasteiger partial charge in [0, 0.05) is 42.6 Å². The number of halogens is 1. The Morgan fingerprint density at radius 3 is 2.17 bits per heavy atom. The van der Waals surface area contributed by atoms with Gasteiger partial charge in [-0.05, 0) is 59.4 Å². The number of hydrogen-bond donors (Lipinski definition) is 2. The number of phenols is 1. The maximum atomic E-state index is 13.8. The van der Waals surface area contributed by atoms with Crippen molar-refractivity contribution in [3.8, 4) is 11.5 Å². The molecule has 1 fully saturated rings. The average Bonchev–Trinajstić information content (AvgIpc) is 3.24. The number of amides is 1. The number of Topliss-reactive ketones (excluding diaryl/α,β-unsaturated/α-hetero) is 1. The molecule has 0 aromatic heterocycles. The minimum atomic E-state index is -0.310. The van der Waals surface area contributed by atoms with Crippen LogP contribution in [0.2, 0.25) is 0 Å². The van der Waals surface area contributed by atoms with Crippen LogP contribution in [0.25, 0.3) is 0 Å². The molecule has 8 heteroatoms. The molecule has 2 N–H and O–H groups in total. The molecule has 0 aliphatic carbocycles. The zero-order chi connectivity index (χ0) is 31.2. The van der Waals surface area contributed by atoms with E-state index in [1.807, 2.05) is 24.3 Å². The fraction of sp³-hybridized carbons (Fsp3) is 0.559. The maximum absolute atomic E-state index is 13.8. The zero-order valence-corrected chi connectivity index (χ0v) is 28.1. The summed E-state index contributed by atoms with van der Waals surface area (Å²) in [6.07, 6.45) is 2.79. The van der Waals surface area contributed by atoms with Gasteiger partial charge in [0.05, 0.1) is 29.3 Å². The highest BCUT2D eigenvalue weighted by molar-refractivity contribution is 9.08. The average molecular weight is 643 g/mol. The second-order valence-corrected chi connectivity index (χ2v) is 13.8. The summed E-state index contributed by atoms with van der Waals surface area (Å²) in [4.78, 5) is 27.0. The van der Waals surface area contributed by atoms with Gasteiger partial charge >= 0.3 is 0 Å². The molecule has 1 saturated heterocycles. The van der Waals surface area contributed by atoms with E-state index in [2.05, 4.69) is 91.0 Å².